The Hall–Kier alpha value is -2.32. The van der Waals surface area contributed by atoms with Crippen LogP contribution in [-0.4, -0.2) is 84.6 Å². The fourth-order valence-corrected chi connectivity index (χ4v) is 6.47. The average molecular weight is 615 g/mol. The number of piperidine rings is 1. The van der Waals surface area contributed by atoms with Gasteiger partial charge in [-0.2, -0.15) is 0 Å². The zero-order valence-electron chi connectivity index (χ0n) is 21.0. The highest BCUT2D eigenvalue weighted by molar-refractivity contribution is 8.00. The molecule has 3 N–H and O–H groups in total. The fraction of sp³-hybridized carbons (Fsp3) is 0.423. The number of carbonyl (C=O) groups excluding carboxylic acids is 1. The van der Waals surface area contributed by atoms with Gasteiger partial charge in [-0.05, 0) is 49.6 Å². The third-order valence-corrected chi connectivity index (χ3v) is 8.81. The van der Waals surface area contributed by atoms with Crippen LogP contribution in [0.15, 0.2) is 41.4 Å². The molecule has 2 aliphatic heterocycles. The molecule has 9 nitrogen and oxygen atoms in total. The summed E-state index contributed by atoms with van der Waals surface area (Å²) in [5.74, 6) is -2.13. The third kappa shape index (κ3) is 5.85. The number of nitrogens with zero attached hydrogens (tertiary/aromatic N) is 4. The van der Waals surface area contributed by atoms with Crippen molar-refractivity contribution in [3.8, 4) is 11.3 Å². The van der Waals surface area contributed by atoms with Gasteiger partial charge in [0.05, 0.1) is 18.4 Å². The molecule has 5 atom stereocenters. The summed E-state index contributed by atoms with van der Waals surface area (Å²) in [6, 6.07) is 5.67. The van der Waals surface area contributed by atoms with Crippen molar-refractivity contribution in [2.24, 2.45) is 0 Å². The molecule has 2 saturated heterocycles. The van der Waals surface area contributed by atoms with Gasteiger partial charge in [-0.15, -0.1) is 5.10 Å². The maximum absolute atomic E-state index is 14.0. The normalized spacial score (nSPS) is 25.3. The molecule has 3 unspecified atom stereocenters. The smallest absolute Gasteiger partial charge is 0.254 e. The van der Waals surface area contributed by atoms with Crippen molar-refractivity contribution < 1.29 is 33.6 Å². The fourth-order valence-electron chi connectivity index (χ4n) is 4.90. The first-order valence-corrected chi connectivity index (χ1v) is 14.3. The van der Waals surface area contributed by atoms with Crippen LogP contribution in [0.2, 0.25) is 10.0 Å². The molecule has 2 aromatic carbocycles. The van der Waals surface area contributed by atoms with E-state index in [1.807, 2.05) is 0 Å². The van der Waals surface area contributed by atoms with Crippen molar-refractivity contribution in [1.29, 1.82) is 0 Å². The second-order valence-electron chi connectivity index (χ2n) is 9.65. The monoisotopic (exact) mass is 614 g/mol. The largest absolute Gasteiger partial charge is 0.394 e. The van der Waals surface area contributed by atoms with Crippen molar-refractivity contribution in [3.05, 3.63) is 63.8 Å². The lowest BCUT2D eigenvalue weighted by Gasteiger charge is -2.42. The molecular weight excluding hydrogens is 589 g/mol. The number of aromatic nitrogens is 3. The van der Waals surface area contributed by atoms with Gasteiger partial charge in [-0.1, -0.05) is 40.2 Å². The second kappa shape index (κ2) is 12.3. The number of halogens is 4. The van der Waals surface area contributed by atoms with Crippen LogP contribution in [-0.2, 0) is 4.74 Å². The van der Waals surface area contributed by atoms with Crippen molar-refractivity contribution in [3.63, 3.8) is 0 Å². The number of amides is 1. The number of aliphatic hydroxyl groups excluding tert-OH is 3. The van der Waals surface area contributed by atoms with E-state index in [-0.39, 0.29) is 17.2 Å². The van der Waals surface area contributed by atoms with E-state index >= 15 is 0 Å². The number of likely N-dealkylation sites (tertiary alicyclic amines) is 1. The van der Waals surface area contributed by atoms with Crippen LogP contribution in [0.3, 0.4) is 0 Å². The van der Waals surface area contributed by atoms with Gasteiger partial charge in [0.15, 0.2) is 0 Å². The molecule has 0 bridgehead atoms. The zero-order valence-corrected chi connectivity index (χ0v) is 23.3. The number of thioether (sulfide) groups is 1. The van der Waals surface area contributed by atoms with E-state index in [9.17, 15) is 28.9 Å². The standard InChI is InChI=1S/C26H26Cl2F2N4O5S/c27-14-4-5-15(25(38)33-6-2-1-3-7-33)20(10-14)40-26-24(37)22(23(36)19(12-35)39-26)34-11-18(31-32-34)13-8-16(29)21(28)17(30)9-13/h4-5,8-11,19,22-24,26,35-37H,1-3,6-7,12H2/t19?,22?,23-,24?,26+/m0/s1. The van der Waals surface area contributed by atoms with Gasteiger partial charge >= 0.3 is 0 Å². The Balaban J connectivity index is 1.44. The predicted molar refractivity (Wildman–Crippen MR) is 144 cm³/mol. The summed E-state index contributed by atoms with van der Waals surface area (Å²) >= 11 is 12.9. The van der Waals surface area contributed by atoms with Gasteiger partial charge in [0, 0.05) is 28.6 Å². The van der Waals surface area contributed by atoms with E-state index in [0.29, 0.717) is 28.6 Å². The summed E-state index contributed by atoms with van der Waals surface area (Å²) in [6.07, 6.45) is 0.257. The number of hydrogen-bond acceptors (Lipinski definition) is 8. The predicted octanol–water partition coefficient (Wildman–Crippen LogP) is 3.93. The molecule has 3 aromatic rings. The molecule has 2 fully saturated rings. The zero-order chi connectivity index (χ0) is 28.6. The van der Waals surface area contributed by atoms with Crippen LogP contribution in [0.1, 0.15) is 35.7 Å². The molecule has 2 aliphatic rings. The molecule has 0 radical (unpaired) electrons. The molecule has 0 saturated carbocycles. The summed E-state index contributed by atoms with van der Waals surface area (Å²) in [7, 11) is 0. The van der Waals surface area contributed by atoms with Gasteiger partial charge in [0.1, 0.15) is 52.1 Å². The third-order valence-electron chi connectivity index (χ3n) is 7.00. The topological polar surface area (TPSA) is 121 Å². The Morgan fingerprint density at radius 1 is 1.07 bits per heavy atom. The van der Waals surface area contributed by atoms with E-state index in [1.165, 1.54) is 6.20 Å². The molecule has 40 heavy (non-hydrogen) atoms. The van der Waals surface area contributed by atoms with Crippen molar-refractivity contribution in [2.45, 2.75) is 53.9 Å². The van der Waals surface area contributed by atoms with Crippen LogP contribution in [0, 0.1) is 11.6 Å². The summed E-state index contributed by atoms with van der Waals surface area (Å²) in [5, 5.41) is 39.8. The van der Waals surface area contributed by atoms with Crippen LogP contribution in [0.4, 0.5) is 8.78 Å². The lowest BCUT2D eigenvalue weighted by molar-refractivity contribution is -0.178. The SMILES string of the molecule is O=C(c1ccc(Cl)cc1S[C@H]1OC(CO)[C@H](O)C(n2cc(-c3cc(F)c(Cl)c(F)c3)nn2)C1O)N1CCCCC1. The van der Waals surface area contributed by atoms with Gasteiger partial charge in [-0.25, -0.2) is 13.5 Å². The average Bonchev–Trinajstić information content (AvgIpc) is 3.43. The van der Waals surface area contributed by atoms with Gasteiger partial charge in [0.25, 0.3) is 5.91 Å². The Morgan fingerprint density at radius 3 is 2.45 bits per heavy atom. The molecule has 0 spiro atoms. The van der Waals surface area contributed by atoms with Crippen LogP contribution >= 0.6 is 35.0 Å². The maximum atomic E-state index is 14.0. The van der Waals surface area contributed by atoms with E-state index in [0.717, 1.165) is 47.8 Å². The number of carbonyl (C=O) groups is 1. The lowest BCUT2D eigenvalue weighted by atomic mass is 9.97. The number of hydrogen-bond donors (Lipinski definition) is 3. The molecule has 1 amide bonds. The molecule has 1 aromatic heterocycles. The minimum Gasteiger partial charge on any atom is -0.394 e. The summed E-state index contributed by atoms with van der Waals surface area (Å²) in [6.45, 7) is 0.710. The minimum absolute atomic E-state index is 0.0473. The highest BCUT2D eigenvalue weighted by Gasteiger charge is 2.46. The van der Waals surface area contributed by atoms with Crippen molar-refractivity contribution in [1.82, 2.24) is 19.9 Å². The maximum Gasteiger partial charge on any atom is 0.254 e. The lowest BCUT2D eigenvalue weighted by Crippen LogP contribution is -2.55. The number of aliphatic hydroxyl groups is 3. The minimum atomic E-state index is -1.42. The van der Waals surface area contributed by atoms with Gasteiger partial charge in [-0.3, -0.25) is 4.79 Å². The molecule has 3 heterocycles. The van der Waals surface area contributed by atoms with Gasteiger partial charge < -0.3 is 25.0 Å². The van der Waals surface area contributed by atoms with E-state index in [2.05, 4.69) is 10.3 Å². The van der Waals surface area contributed by atoms with Crippen molar-refractivity contribution >= 4 is 40.9 Å². The highest BCUT2D eigenvalue weighted by atomic mass is 35.5. The second-order valence-corrected chi connectivity index (χ2v) is 11.6. The molecule has 14 heteroatoms. The van der Waals surface area contributed by atoms with Crippen LogP contribution in [0.25, 0.3) is 11.3 Å². The van der Waals surface area contributed by atoms with Gasteiger partial charge in [0.2, 0.25) is 0 Å². The van der Waals surface area contributed by atoms with Crippen molar-refractivity contribution in [2.75, 3.05) is 19.7 Å². The first-order valence-electron chi connectivity index (χ1n) is 12.6. The Labute approximate surface area is 242 Å². The highest BCUT2D eigenvalue weighted by Crippen LogP contribution is 2.40. The Bertz CT molecular complexity index is 1370. The number of rotatable bonds is 6. The van der Waals surface area contributed by atoms with Crippen LogP contribution in [0.5, 0.6) is 0 Å². The Morgan fingerprint density at radius 2 is 1.77 bits per heavy atom. The van der Waals surface area contributed by atoms with Crippen LogP contribution < -0.4 is 0 Å². The number of benzene rings is 2. The molecule has 214 valence electrons. The summed E-state index contributed by atoms with van der Waals surface area (Å²) < 4.78 is 35.0. The molecule has 5 rings (SSSR count). The van der Waals surface area contributed by atoms with E-state index in [4.69, 9.17) is 27.9 Å². The summed E-state index contributed by atoms with van der Waals surface area (Å²) in [4.78, 5) is 15.6. The van der Waals surface area contributed by atoms with E-state index in [1.54, 1.807) is 23.1 Å². The summed E-state index contributed by atoms with van der Waals surface area (Å²) in [5.41, 5.74) is -0.555. The first-order chi connectivity index (χ1) is 19.2. The number of ether oxygens (including phenoxy) is 1. The molecule has 0 aliphatic carbocycles. The quantitative estimate of drug-likeness (QED) is 0.357. The van der Waals surface area contributed by atoms with E-state index < -0.39 is 53.1 Å². The molecular formula is C26H26Cl2F2N4O5S. The first kappa shape index (κ1) is 29.2. The Kier molecular flexibility index (Phi) is 8.95.